The van der Waals surface area contributed by atoms with E-state index in [1.54, 1.807) is 28.4 Å². The van der Waals surface area contributed by atoms with E-state index in [4.69, 9.17) is 25.8 Å². The largest absolute Gasteiger partial charge is 0.508 e. The summed E-state index contributed by atoms with van der Waals surface area (Å²) in [7, 11) is 0. The van der Waals surface area contributed by atoms with E-state index >= 15 is 4.39 Å². The first-order valence-corrected chi connectivity index (χ1v) is 26.9. The smallest absolute Gasteiger partial charge is 0.246 e. The Kier molecular flexibility index (Phi) is 18.3. The molecule has 4 heterocycles. The van der Waals surface area contributed by atoms with Crippen LogP contribution in [0, 0.1) is 18.2 Å². The Hall–Kier alpha value is -6.31. The minimum absolute atomic E-state index is 0.0000290. The van der Waals surface area contributed by atoms with Gasteiger partial charge in [0, 0.05) is 56.7 Å². The maximum Gasteiger partial charge on any atom is 0.246 e. The number of aromatic nitrogens is 3. The number of hydrogen-bond donors (Lipinski definition) is 3. The number of carbonyl (C=O) groups is 4. The summed E-state index contributed by atoms with van der Waals surface area (Å²) in [4.78, 5) is 73.5. The average molecular weight is 1070 g/mol. The molecule has 0 aliphatic carbocycles. The zero-order chi connectivity index (χ0) is 53.2. The van der Waals surface area contributed by atoms with Gasteiger partial charge in [0.2, 0.25) is 23.6 Å². The van der Waals surface area contributed by atoms with E-state index in [2.05, 4.69) is 25.6 Å². The van der Waals surface area contributed by atoms with Crippen molar-refractivity contribution in [2.75, 3.05) is 77.3 Å². The van der Waals surface area contributed by atoms with E-state index in [9.17, 15) is 24.3 Å². The number of ether oxygens (including phenoxy) is 3. The number of thiazole rings is 1. The third-order valence-corrected chi connectivity index (χ3v) is 15.1. The molecule has 2 saturated heterocycles. The number of phenols is 1. The van der Waals surface area contributed by atoms with Crippen molar-refractivity contribution in [2.24, 2.45) is 5.41 Å². The lowest BCUT2D eigenvalue weighted by molar-refractivity contribution is -0.144. The Morgan fingerprint density at radius 2 is 1.59 bits per heavy atom. The Balaban J connectivity index is 0.687. The first-order chi connectivity index (χ1) is 36.1. The van der Waals surface area contributed by atoms with Crippen LogP contribution < -0.4 is 15.5 Å². The number of anilines is 1. The fourth-order valence-corrected chi connectivity index (χ4v) is 10.8. The highest BCUT2D eigenvalue weighted by atomic mass is 35.5. The lowest BCUT2D eigenvalue weighted by atomic mass is 9.85. The second kappa shape index (κ2) is 25.0. The Bertz CT molecular complexity index is 2980. The van der Waals surface area contributed by atoms with Crippen LogP contribution in [0.1, 0.15) is 77.1 Å². The number of nitrogens with zero attached hydrogens (tertiary/aromatic N) is 6. The first kappa shape index (κ1) is 54.9. The maximum atomic E-state index is 16.3. The lowest BCUT2D eigenvalue weighted by Gasteiger charge is -2.36. The number of aromatic hydroxyl groups is 1. The van der Waals surface area contributed by atoms with E-state index in [1.165, 1.54) is 12.4 Å². The molecule has 4 aromatic carbocycles. The highest BCUT2D eigenvalue weighted by Crippen LogP contribution is 2.42. The van der Waals surface area contributed by atoms with E-state index in [-0.39, 0.29) is 65.4 Å². The van der Waals surface area contributed by atoms with Crippen LogP contribution in [-0.2, 0) is 33.4 Å². The van der Waals surface area contributed by atoms with Crippen molar-refractivity contribution in [1.29, 1.82) is 0 Å². The molecule has 3 N–H and O–H groups in total. The van der Waals surface area contributed by atoms with Crippen LogP contribution in [-0.4, -0.2) is 138 Å². The molecule has 3 atom stereocenters. The normalized spacial score (nSPS) is 15.9. The van der Waals surface area contributed by atoms with Gasteiger partial charge in [0.1, 0.15) is 42.1 Å². The molecular formula is C56H66ClFN8O8S. The highest BCUT2D eigenvalue weighted by molar-refractivity contribution is 7.13. The van der Waals surface area contributed by atoms with E-state index < -0.39 is 29.2 Å². The van der Waals surface area contributed by atoms with Crippen LogP contribution in [0.3, 0.4) is 0 Å². The predicted molar refractivity (Wildman–Crippen MR) is 289 cm³/mol. The van der Waals surface area contributed by atoms with Gasteiger partial charge in [0.05, 0.1) is 53.6 Å². The van der Waals surface area contributed by atoms with Crippen molar-refractivity contribution in [3.63, 3.8) is 0 Å². The van der Waals surface area contributed by atoms with Gasteiger partial charge in [-0.15, -0.1) is 11.3 Å². The van der Waals surface area contributed by atoms with Gasteiger partial charge in [-0.25, -0.2) is 19.3 Å². The van der Waals surface area contributed by atoms with E-state index in [1.807, 2.05) is 98.5 Å². The number of hydrogen-bond acceptors (Lipinski definition) is 13. The number of aryl methyl sites for hydroxylation is 1. The van der Waals surface area contributed by atoms with Gasteiger partial charge in [-0.05, 0) is 90.6 Å². The fraction of sp³-hybridized carbons (Fsp3) is 0.446. The molecule has 398 valence electrons. The van der Waals surface area contributed by atoms with Crippen LogP contribution in [0.25, 0.3) is 43.2 Å². The van der Waals surface area contributed by atoms with Crippen LogP contribution in [0.2, 0.25) is 5.02 Å². The van der Waals surface area contributed by atoms with Crippen molar-refractivity contribution < 1.29 is 42.9 Å². The summed E-state index contributed by atoms with van der Waals surface area (Å²) < 4.78 is 33.2. The second-order valence-corrected chi connectivity index (χ2v) is 21.4. The number of likely N-dealkylation sites (tertiary alicyclic amines) is 1. The highest BCUT2D eigenvalue weighted by Gasteiger charge is 2.42. The number of nitrogens with one attached hydrogen (secondary N) is 2. The molecule has 0 spiro atoms. The molecule has 4 amide bonds. The van der Waals surface area contributed by atoms with Gasteiger partial charge in [0.25, 0.3) is 0 Å². The quantitative estimate of drug-likeness (QED) is 0.0583. The summed E-state index contributed by atoms with van der Waals surface area (Å²) in [5, 5.41) is 18.5. The van der Waals surface area contributed by atoms with Crippen molar-refractivity contribution in [3.8, 4) is 27.3 Å². The number of rotatable bonds is 21. The molecule has 2 fully saturated rings. The summed E-state index contributed by atoms with van der Waals surface area (Å²) >= 11 is 8.37. The third kappa shape index (κ3) is 13.4. The Labute approximate surface area is 445 Å². The summed E-state index contributed by atoms with van der Waals surface area (Å²) in [5.41, 5.74) is 4.95. The van der Waals surface area contributed by atoms with Gasteiger partial charge >= 0.3 is 0 Å². The summed E-state index contributed by atoms with van der Waals surface area (Å²) in [6.45, 7) is 13.3. The number of unbranched alkanes of at least 4 members (excludes halogenated alkanes) is 1. The van der Waals surface area contributed by atoms with Gasteiger partial charge in [-0.2, -0.15) is 0 Å². The molecule has 19 heteroatoms. The van der Waals surface area contributed by atoms with Gasteiger partial charge < -0.3 is 44.7 Å². The minimum Gasteiger partial charge on any atom is -0.508 e. The molecule has 0 radical (unpaired) electrons. The fourth-order valence-electron chi connectivity index (χ4n) is 9.74. The molecule has 2 aromatic heterocycles. The van der Waals surface area contributed by atoms with Gasteiger partial charge in [-0.3, -0.25) is 19.2 Å². The molecule has 6 aromatic rings. The van der Waals surface area contributed by atoms with Crippen LogP contribution in [0.15, 0.2) is 78.6 Å². The number of phenolic OH excluding ortho intramolecular Hbond substituents is 1. The minimum atomic E-state index is -0.867. The van der Waals surface area contributed by atoms with Crippen molar-refractivity contribution >= 4 is 74.1 Å². The zero-order valence-corrected chi connectivity index (χ0v) is 44.8. The van der Waals surface area contributed by atoms with Gasteiger partial charge in [0.15, 0.2) is 5.82 Å². The molecule has 8 rings (SSSR count). The molecule has 2 aliphatic heterocycles. The topological polar surface area (TPSA) is 189 Å². The molecular weight excluding hydrogens is 999 g/mol. The number of amides is 4. The lowest BCUT2D eigenvalue weighted by Crippen LogP contribution is -2.58. The first-order valence-electron chi connectivity index (χ1n) is 25.6. The van der Waals surface area contributed by atoms with Crippen LogP contribution in [0.5, 0.6) is 5.75 Å². The number of halogens is 2. The average Bonchev–Trinajstić information content (AvgIpc) is 4.08. The SMILES string of the molecule is Cc1ncsc1-c1ccc([C@H](C)NC(=O)[C@@H]2CCCN2C(=O)[C@@H](NC(=O)COCCOCCOCCCCC(=O)N2CCN(c3ncnc4c(F)c(-c5cc(O)cc6ccccc56)c(Cl)cc34)CC2)C(C)(C)C)cc1. The third-order valence-electron chi connectivity index (χ3n) is 13.8. The number of fused-ring (bicyclic) bond motifs is 2. The predicted octanol–water partition coefficient (Wildman–Crippen LogP) is 8.65. The summed E-state index contributed by atoms with van der Waals surface area (Å²) in [6, 6.07) is 18.5. The molecule has 0 unspecified atom stereocenters. The standard InChI is InChI=1S/C56H66ClFN8O8S/c1-35(37-15-17-38(18-16-37)51-36(2)61-34-75-51)62-54(70)45-13-10-19-66(45)55(71)52(56(3,4)5)63-46(68)32-74-28-27-73-26-25-72-24-9-8-14-47(69)64-20-22-65(23-21-64)53-43-31-44(57)48(49(58)50(43)59-33-60-53)42-30-40(67)29-39-11-6-7-12-41(39)42/h6-7,11-12,15-18,29-31,33-35,45,52,67H,8-10,13-14,19-28,32H2,1-5H3,(H,62,70)(H,63,68)/t35-,45-,52+/m0/s1. The molecule has 0 saturated carbocycles. The van der Waals surface area contributed by atoms with Crippen LogP contribution in [0.4, 0.5) is 10.2 Å². The maximum absolute atomic E-state index is 16.3. The zero-order valence-electron chi connectivity index (χ0n) is 43.2. The summed E-state index contributed by atoms with van der Waals surface area (Å²) in [5.74, 6) is -0.956. The van der Waals surface area contributed by atoms with E-state index in [0.717, 1.165) is 32.5 Å². The monoisotopic (exact) mass is 1060 g/mol. The number of piperazine rings is 1. The molecule has 75 heavy (non-hydrogen) atoms. The Morgan fingerprint density at radius 3 is 2.31 bits per heavy atom. The van der Waals surface area contributed by atoms with Crippen molar-refractivity contribution in [3.05, 3.63) is 101 Å². The van der Waals surface area contributed by atoms with Crippen molar-refractivity contribution in [1.82, 2.24) is 35.4 Å². The second-order valence-electron chi connectivity index (χ2n) is 20.1. The summed E-state index contributed by atoms with van der Waals surface area (Å²) in [6.07, 6.45) is 4.31. The van der Waals surface area contributed by atoms with Gasteiger partial charge in [-0.1, -0.05) is 80.9 Å². The van der Waals surface area contributed by atoms with Crippen molar-refractivity contribution in [2.45, 2.75) is 84.8 Å². The van der Waals surface area contributed by atoms with Crippen LogP contribution >= 0.6 is 22.9 Å². The number of benzene rings is 4. The Morgan fingerprint density at radius 1 is 0.867 bits per heavy atom. The molecule has 0 bridgehead atoms. The van der Waals surface area contributed by atoms with E-state index in [0.29, 0.717) is 101 Å². The molecule has 16 nitrogen and oxygen atoms in total. The number of carbonyl (C=O) groups excluding carboxylic acids is 4. The molecule has 2 aliphatic rings.